The molecule has 106 valence electrons. The number of likely N-dealkylation sites (tertiary alicyclic amines) is 1. The van der Waals surface area contributed by atoms with Crippen LogP contribution in [0.1, 0.15) is 37.8 Å². The Hall–Kier alpha value is -0.580. The molecule has 0 amide bonds. The Labute approximate surface area is 123 Å². The van der Waals surface area contributed by atoms with Crippen molar-refractivity contribution in [2.75, 3.05) is 26.3 Å². The molecule has 1 atom stereocenters. The molecule has 1 aliphatic heterocycles. The lowest BCUT2D eigenvalue weighted by Crippen LogP contribution is -2.26. The van der Waals surface area contributed by atoms with E-state index in [-0.39, 0.29) is 6.61 Å². The Bertz CT molecular complexity index is 405. The van der Waals surface area contributed by atoms with Crippen molar-refractivity contribution in [3.8, 4) is 5.75 Å². The normalized spacial score (nSPS) is 17.6. The smallest absolute Gasteiger partial charge is 0.133 e. The van der Waals surface area contributed by atoms with Gasteiger partial charge in [-0.05, 0) is 72.9 Å². The van der Waals surface area contributed by atoms with Gasteiger partial charge in [0, 0.05) is 12.6 Å². The molecule has 0 spiro atoms. The Balaban J connectivity index is 2.18. The molecule has 0 aromatic heterocycles. The Morgan fingerprint density at radius 3 is 2.68 bits per heavy atom. The lowest BCUT2D eigenvalue weighted by molar-refractivity contribution is 0.185. The second-order valence-corrected chi connectivity index (χ2v) is 5.75. The van der Waals surface area contributed by atoms with Crippen LogP contribution < -0.4 is 4.74 Å². The van der Waals surface area contributed by atoms with Crippen molar-refractivity contribution in [3.63, 3.8) is 0 Å². The summed E-state index contributed by atoms with van der Waals surface area (Å²) in [6.07, 6.45) is 3.32. The number of ether oxygens (including phenoxy) is 1. The maximum Gasteiger partial charge on any atom is 0.133 e. The van der Waals surface area contributed by atoms with E-state index in [1.165, 1.54) is 18.4 Å². The molecule has 1 aromatic carbocycles. The van der Waals surface area contributed by atoms with Gasteiger partial charge in [0.25, 0.3) is 0 Å². The maximum atomic E-state index is 9.30. The summed E-state index contributed by atoms with van der Waals surface area (Å²) in [6.45, 7) is 5.15. The summed E-state index contributed by atoms with van der Waals surface area (Å²) in [5, 5.41) is 9.30. The number of aliphatic hydroxyl groups is 1. The van der Waals surface area contributed by atoms with Gasteiger partial charge < -0.3 is 9.84 Å². The zero-order chi connectivity index (χ0) is 13.7. The van der Waals surface area contributed by atoms with Gasteiger partial charge in [0.2, 0.25) is 0 Å². The van der Waals surface area contributed by atoms with E-state index in [1.807, 2.05) is 13.0 Å². The third kappa shape index (κ3) is 3.71. The number of nitrogens with zero attached hydrogens (tertiary/aromatic N) is 1. The van der Waals surface area contributed by atoms with Crippen LogP contribution in [0.2, 0.25) is 0 Å². The first-order valence-corrected chi connectivity index (χ1v) is 7.82. The molecule has 0 bridgehead atoms. The molecule has 0 radical (unpaired) electrons. The molecule has 0 saturated carbocycles. The van der Waals surface area contributed by atoms with Crippen molar-refractivity contribution in [2.24, 2.45) is 0 Å². The van der Waals surface area contributed by atoms with E-state index in [9.17, 15) is 5.11 Å². The highest BCUT2D eigenvalue weighted by atomic mass is 79.9. The summed E-state index contributed by atoms with van der Waals surface area (Å²) < 4.78 is 6.54. The summed E-state index contributed by atoms with van der Waals surface area (Å²) in [5.74, 6) is 0.885. The lowest BCUT2D eigenvalue weighted by atomic mass is 10.0. The van der Waals surface area contributed by atoms with Crippen LogP contribution in [0.5, 0.6) is 5.75 Å². The first-order chi connectivity index (χ1) is 9.26. The van der Waals surface area contributed by atoms with E-state index in [0.29, 0.717) is 12.6 Å². The van der Waals surface area contributed by atoms with Gasteiger partial charge in [0.15, 0.2) is 0 Å². The minimum absolute atomic E-state index is 0.228. The van der Waals surface area contributed by atoms with Crippen LogP contribution in [0.25, 0.3) is 0 Å². The topological polar surface area (TPSA) is 32.7 Å². The van der Waals surface area contributed by atoms with Crippen molar-refractivity contribution in [1.29, 1.82) is 0 Å². The van der Waals surface area contributed by atoms with Gasteiger partial charge in [-0.15, -0.1) is 0 Å². The first kappa shape index (κ1) is 14.8. The van der Waals surface area contributed by atoms with Gasteiger partial charge in [-0.2, -0.15) is 0 Å². The van der Waals surface area contributed by atoms with E-state index in [1.54, 1.807) is 0 Å². The largest absolute Gasteiger partial charge is 0.493 e. The number of halogens is 1. The van der Waals surface area contributed by atoms with E-state index in [4.69, 9.17) is 4.74 Å². The van der Waals surface area contributed by atoms with Gasteiger partial charge in [0.05, 0.1) is 11.1 Å². The van der Waals surface area contributed by atoms with E-state index in [2.05, 4.69) is 33.0 Å². The van der Waals surface area contributed by atoms with Crippen molar-refractivity contribution in [2.45, 2.75) is 32.2 Å². The molecule has 0 aliphatic carbocycles. The Morgan fingerprint density at radius 2 is 2.11 bits per heavy atom. The highest BCUT2D eigenvalue weighted by Crippen LogP contribution is 2.33. The van der Waals surface area contributed by atoms with E-state index >= 15 is 0 Å². The van der Waals surface area contributed by atoms with Crippen molar-refractivity contribution in [3.05, 3.63) is 28.2 Å². The fourth-order valence-electron chi connectivity index (χ4n) is 2.73. The summed E-state index contributed by atoms with van der Waals surface area (Å²) >= 11 is 3.57. The minimum Gasteiger partial charge on any atom is -0.493 e. The summed E-state index contributed by atoms with van der Waals surface area (Å²) in [6, 6.07) is 6.58. The fraction of sp³-hybridized carbons (Fsp3) is 0.600. The van der Waals surface area contributed by atoms with Crippen LogP contribution in [0.3, 0.4) is 0 Å². The second-order valence-electron chi connectivity index (χ2n) is 4.89. The lowest BCUT2D eigenvalue weighted by Gasteiger charge is -2.27. The summed E-state index contributed by atoms with van der Waals surface area (Å²) in [7, 11) is 0. The minimum atomic E-state index is 0.228. The average Bonchev–Trinajstić information content (AvgIpc) is 2.92. The zero-order valence-corrected chi connectivity index (χ0v) is 13.0. The fourth-order valence-corrected chi connectivity index (χ4v) is 3.24. The molecule has 1 unspecified atom stereocenters. The Morgan fingerprint density at radius 1 is 1.37 bits per heavy atom. The predicted molar refractivity (Wildman–Crippen MR) is 80.6 cm³/mol. The van der Waals surface area contributed by atoms with Crippen LogP contribution in [0.4, 0.5) is 0 Å². The molecule has 2 rings (SSSR count). The van der Waals surface area contributed by atoms with Crippen LogP contribution in [0, 0.1) is 0 Å². The first-order valence-electron chi connectivity index (χ1n) is 7.03. The summed E-state index contributed by atoms with van der Waals surface area (Å²) in [4.78, 5) is 2.47. The summed E-state index contributed by atoms with van der Waals surface area (Å²) in [5.41, 5.74) is 1.26. The van der Waals surface area contributed by atoms with Crippen molar-refractivity contribution >= 4 is 15.9 Å². The molecule has 1 N–H and O–H groups in total. The molecule has 1 heterocycles. The molecule has 1 fully saturated rings. The van der Waals surface area contributed by atoms with Crippen LogP contribution in [-0.2, 0) is 0 Å². The molecular weight excluding hydrogens is 306 g/mol. The number of hydrogen-bond acceptors (Lipinski definition) is 3. The maximum absolute atomic E-state index is 9.30. The monoisotopic (exact) mass is 327 g/mol. The highest BCUT2D eigenvalue weighted by Gasteiger charge is 2.23. The molecular formula is C15H22BrNO2. The van der Waals surface area contributed by atoms with Crippen LogP contribution >= 0.6 is 15.9 Å². The number of benzene rings is 1. The standard InChI is InChI=1S/C15H22BrNO2/c1-2-19-15-6-5-12(11-13(15)16)14(7-10-18)17-8-3-4-9-17/h5-6,11,14,18H,2-4,7-10H2,1H3. The van der Waals surface area contributed by atoms with Gasteiger partial charge in [-0.25, -0.2) is 0 Å². The quantitative estimate of drug-likeness (QED) is 0.869. The number of aliphatic hydroxyl groups excluding tert-OH is 1. The molecule has 4 heteroatoms. The average molecular weight is 328 g/mol. The van der Waals surface area contributed by atoms with Gasteiger partial charge in [0.1, 0.15) is 5.75 Å². The molecule has 1 aliphatic rings. The van der Waals surface area contributed by atoms with Crippen molar-refractivity contribution < 1.29 is 9.84 Å². The van der Waals surface area contributed by atoms with E-state index < -0.39 is 0 Å². The third-order valence-corrected chi connectivity index (χ3v) is 4.24. The zero-order valence-electron chi connectivity index (χ0n) is 11.4. The second kappa shape index (κ2) is 7.27. The Kier molecular flexibility index (Phi) is 5.67. The van der Waals surface area contributed by atoms with Crippen LogP contribution in [0.15, 0.2) is 22.7 Å². The number of rotatable bonds is 6. The van der Waals surface area contributed by atoms with Gasteiger partial charge >= 0.3 is 0 Å². The molecule has 3 nitrogen and oxygen atoms in total. The molecule has 1 saturated heterocycles. The van der Waals surface area contributed by atoms with Crippen molar-refractivity contribution in [1.82, 2.24) is 4.90 Å². The predicted octanol–water partition coefficient (Wildman–Crippen LogP) is 3.37. The van der Waals surface area contributed by atoms with E-state index in [0.717, 1.165) is 29.7 Å². The SMILES string of the molecule is CCOc1ccc(C(CCO)N2CCCC2)cc1Br. The third-order valence-electron chi connectivity index (χ3n) is 3.62. The van der Waals surface area contributed by atoms with Crippen LogP contribution in [-0.4, -0.2) is 36.3 Å². The van der Waals surface area contributed by atoms with Gasteiger partial charge in [-0.3, -0.25) is 4.90 Å². The number of hydrogen-bond donors (Lipinski definition) is 1. The van der Waals surface area contributed by atoms with Gasteiger partial charge in [-0.1, -0.05) is 6.07 Å². The molecule has 19 heavy (non-hydrogen) atoms. The highest BCUT2D eigenvalue weighted by molar-refractivity contribution is 9.10. The molecule has 1 aromatic rings.